The van der Waals surface area contributed by atoms with Crippen LogP contribution in [-0.4, -0.2) is 170 Å². The summed E-state index contributed by atoms with van der Waals surface area (Å²) in [5, 5.41) is 141. The van der Waals surface area contributed by atoms with E-state index in [1.165, 1.54) is 26.0 Å². The van der Waals surface area contributed by atoms with Gasteiger partial charge in [-0.05, 0) is 76.7 Å². The molecule has 0 bridgehead atoms. The van der Waals surface area contributed by atoms with E-state index in [2.05, 4.69) is 0 Å². The summed E-state index contributed by atoms with van der Waals surface area (Å²) in [7, 11) is 0. The molecule has 0 aliphatic carbocycles. The molecule has 0 aromatic rings. The molecule has 17 nitrogen and oxygen atoms in total. The molecule has 0 saturated carbocycles. The molecule has 416 valence electrons. The van der Waals surface area contributed by atoms with Crippen LogP contribution in [0.2, 0.25) is 0 Å². The van der Waals surface area contributed by atoms with Gasteiger partial charge in [-0.3, -0.25) is 4.79 Å². The predicted molar refractivity (Wildman–Crippen MR) is 272 cm³/mol. The Balaban J connectivity index is 2.28. The zero-order valence-corrected chi connectivity index (χ0v) is 44.3. The third kappa shape index (κ3) is 22.5. The second-order valence-electron chi connectivity index (χ2n) is 21.5. The van der Waals surface area contributed by atoms with Crippen LogP contribution in [0, 0.1) is 41.4 Å². The molecule has 17 heteroatoms. The van der Waals surface area contributed by atoms with Crippen LogP contribution in [0.25, 0.3) is 0 Å². The second-order valence-corrected chi connectivity index (χ2v) is 21.5. The molecule has 2 rings (SSSR count). The zero-order chi connectivity index (χ0) is 54.6. The molecule has 0 spiro atoms. The van der Waals surface area contributed by atoms with E-state index in [0.717, 1.165) is 0 Å². The summed E-state index contributed by atoms with van der Waals surface area (Å²) >= 11 is 0. The lowest BCUT2D eigenvalue weighted by Crippen LogP contribution is -2.41. The van der Waals surface area contributed by atoms with Crippen LogP contribution in [0.3, 0.4) is 0 Å². The van der Waals surface area contributed by atoms with Crippen molar-refractivity contribution in [2.45, 2.75) is 231 Å². The molecule has 1 fully saturated rings. The lowest BCUT2D eigenvalue weighted by molar-refractivity contribution is -0.152. The van der Waals surface area contributed by atoms with Gasteiger partial charge in [0.25, 0.3) is 0 Å². The Morgan fingerprint density at radius 2 is 1.11 bits per heavy atom. The Kier molecular flexibility index (Phi) is 29.5. The van der Waals surface area contributed by atoms with E-state index in [1.807, 2.05) is 32.9 Å². The minimum Gasteiger partial charge on any atom is -0.462 e. The third-order valence-corrected chi connectivity index (χ3v) is 15.1. The monoisotopic (exact) mass is 1030 g/mol. The minimum absolute atomic E-state index is 0.145. The number of allylic oxidation sites excluding steroid dienone is 2. The van der Waals surface area contributed by atoms with Crippen molar-refractivity contribution in [2.75, 3.05) is 0 Å². The van der Waals surface area contributed by atoms with Gasteiger partial charge in [-0.25, -0.2) is 4.79 Å². The van der Waals surface area contributed by atoms with Crippen LogP contribution in [-0.2, 0) is 19.1 Å². The number of carbonyl (C=O) groups excluding carboxylic acids is 2. The topological polar surface area (TPSA) is 316 Å². The van der Waals surface area contributed by atoms with Gasteiger partial charge in [0.15, 0.2) is 0 Å². The van der Waals surface area contributed by atoms with Crippen LogP contribution in [0.15, 0.2) is 59.8 Å². The van der Waals surface area contributed by atoms with E-state index < -0.39 is 127 Å². The fourth-order valence-corrected chi connectivity index (χ4v) is 9.41. The van der Waals surface area contributed by atoms with E-state index in [1.54, 1.807) is 52.0 Å². The fraction of sp³-hybridized carbons (Fsp3) is 0.782. The SMILES string of the molecule is CC1=CCCC(C)C(O)C(C)C(O)CCC=CC(C)C(O)C=CC(C)C(O)C(C)=CC(O)C(O)CC(O)CC(O)CC(O)C(C)C(O)C(C)C(O)CC(O)CC(O)C=CCC(C(C)C2CCC(=O)O2)OC1=O. The molecule has 0 aromatic heterocycles. The summed E-state index contributed by atoms with van der Waals surface area (Å²) in [6.07, 6.45) is -2.35. The van der Waals surface area contributed by atoms with E-state index in [9.17, 15) is 76.0 Å². The van der Waals surface area contributed by atoms with Gasteiger partial charge in [-0.1, -0.05) is 97.1 Å². The number of aliphatic hydroxyl groups excluding tert-OH is 13. The molecular weight excluding hydrogens is 933 g/mol. The maximum atomic E-state index is 13.4. The lowest BCUT2D eigenvalue weighted by Gasteiger charge is -2.33. The highest BCUT2D eigenvalue weighted by atomic mass is 16.6. The number of esters is 2. The van der Waals surface area contributed by atoms with E-state index >= 15 is 0 Å². The van der Waals surface area contributed by atoms with Gasteiger partial charge in [-0.2, -0.15) is 0 Å². The van der Waals surface area contributed by atoms with Gasteiger partial charge in [-0.15, -0.1) is 0 Å². The van der Waals surface area contributed by atoms with Crippen LogP contribution >= 0.6 is 0 Å². The van der Waals surface area contributed by atoms with Crippen LogP contribution in [0.4, 0.5) is 0 Å². The fourth-order valence-electron chi connectivity index (χ4n) is 9.41. The van der Waals surface area contributed by atoms with Crippen molar-refractivity contribution < 1.29 is 85.4 Å². The average Bonchev–Trinajstić information content (AvgIpc) is 3.77. The number of aliphatic hydroxyl groups is 13. The summed E-state index contributed by atoms with van der Waals surface area (Å²) < 4.78 is 11.4. The van der Waals surface area contributed by atoms with Gasteiger partial charge < -0.3 is 75.9 Å². The van der Waals surface area contributed by atoms with Crippen molar-refractivity contribution in [2.24, 2.45) is 41.4 Å². The Morgan fingerprint density at radius 3 is 1.69 bits per heavy atom. The molecule has 13 N–H and O–H groups in total. The number of hydrogen-bond donors (Lipinski definition) is 13. The zero-order valence-electron chi connectivity index (χ0n) is 44.3. The highest BCUT2D eigenvalue weighted by Crippen LogP contribution is 2.30. The first-order valence-electron chi connectivity index (χ1n) is 26.3. The summed E-state index contributed by atoms with van der Waals surface area (Å²) in [4.78, 5) is 25.4. The average molecular weight is 1030 g/mol. The van der Waals surface area contributed by atoms with Crippen LogP contribution in [0.5, 0.6) is 0 Å². The smallest absolute Gasteiger partial charge is 0.333 e. The molecule has 1 saturated heterocycles. The Hall–Kier alpha value is -2.88. The van der Waals surface area contributed by atoms with Crippen molar-refractivity contribution in [1.29, 1.82) is 0 Å². The van der Waals surface area contributed by atoms with E-state index in [-0.39, 0.29) is 62.8 Å². The predicted octanol–water partition coefficient (Wildman–Crippen LogP) is 3.22. The third-order valence-electron chi connectivity index (χ3n) is 15.1. The minimum atomic E-state index is -1.48. The Bertz CT molecular complexity index is 1730. The molecule has 0 amide bonds. The number of rotatable bonds is 2. The first-order valence-corrected chi connectivity index (χ1v) is 26.3. The molecule has 72 heavy (non-hydrogen) atoms. The quantitative estimate of drug-likeness (QED) is 0.140. The van der Waals surface area contributed by atoms with Crippen molar-refractivity contribution >= 4 is 11.9 Å². The Morgan fingerprint density at radius 1 is 0.542 bits per heavy atom. The number of cyclic esters (lactones) is 2. The van der Waals surface area contributed by atoms with Crippen LogP contribution < -0.4 is 0 Å². The first kappa shape index (κ1) is 65.2. The molecule has 22 unspecified atom stereocenters. The van der Waals surface area contributed by atoms with Gasteiger partial charge in [0, 0.05) is 66.8 Å². The van der Waals surface area contributed by atoms with Crippen molar-refractivity contribution in [3.8, 4) is 0 Å². The van der Waals surface area contributed by atoms with Crippen molar-refractivity contribution in [3.63, 3.8) is 0 Å². The largest absolute Gasteiger partial charge is 0.462 e. The molecular formula is C55H94O17. The van der Waals surface area contributed by atoms with Crippen molar-refractivity contribution in [3.05, 3.63) is 59.8 Å². The first-order chi connectivity index (χ1) is 33.6. The van der Waals surface area contributed by atoms with Gasteiger partial charge in [0.1, 0.15) is 12.2 Å². The maximum Gasteiger partial charge on any atom is 0.333 e. The standard InChI is InChI=1S/C55H94O17/c1-30-14-10-11-18-44(61)35(6)53(68)31(2)15-12-16-33(4)55(70)72-49(38(9)50-22-23-51(66)71-50)19-13-17-39(56)25-40(57)27-45(62)36(7)54(69)37(8)46(63)28-41(58)26-42(59)29-48(65)47(64)24-34(5)52(67)32(3)20-21-43(30)60/h10,13-14,16-17,20-21,24,30-32,35-50,52-54,56-65,67-69H,11-12,15,18-19,22-23,25-29H2,1-9H3. The number of carbonyl (C=O) groups is 2. The van der Waals surface area contributed by atoms with E-state index in [4.69, 9.17) is 9.47 Å². The number of ether oxygens (including phenoxy) is 2. The Labute approximate surface area is 428 Å². The maximum absolute atomic E-state index is 13.4. The van der Waals surface area contributed by atoms with Gasteiger partial charge in [0.05, 0.1) is 79.4 Å². The normalized spacial score (nSPS) is 41.4. The van der Waals surface area contributed by atoms with Crippen LogP contribution in [0.1, 0.15) is 139 Å². The van der Waals surface area contributed by atoms with Crippen molar-refractivity contribution in [1.82, 2.24) is 0 Å². The van der Waals surface area contributed by atoms with Gasteiger partial charge >= 0.3 is 11.9 Å². The molecule has 2 heterocycles. The lowest BCUT2D eigenvalue weighted by atomic mass is 9.82. The summed E-state index contributed by atoms with van der Waals surface area (Å²) in [6, 6.07) is 0. The molecule has 0 radical (unpaired) electrons. The molecule has 0 aromatic carbocycles. The molecule has 2 aliphatic heterocycles. The summed E-state index contributed by atoms with van der Waals surface area (Å²) in [6.45, 7) is 15.3. The molecule has 22 atom stereocenters. The highest BCUT2D eigenvalue weighted by molar-refractivity contribution is 5.87. The molecule has 2 aliphatic rings. The van der Waals surface area contributed by atoms with Gasteiger partial charge in [0.2, 0.25) is 0 Å². The number of hydrogen-bond acceptors (Lipinski definition) is 17. The summed E-state index contributed by atoms with van der Waals surface area (Å²) in [5.74, 6) is -4.56. The highest BCUT2D eigenvalue weighted by Gasteiger charge is 2.36. The second kappa shape index (κ2) is 32.5. The summed E-state index contributed by atoms with van der Waals surface area (Å²) in [5.41, 5.74) is 0.674. The van der Waals surface area contributed by atoms with E-state index in [0.29, 0.717) is 43.3 Å².